The largest absolute Gasteiger partial charge is 0.394 e. The number of β-lactam (4-membered cyclic amide) rings is 1. The Morgan fingerprint density at radius 2 is 2.17 bits per heavy atom. The molecule has 0 spiro atoms. The van der Waals surface area contributed by atoms with E-state index in [2.05, 4.69) is 0 Å². The molecule has 1 aliphatic heterocycles. The topological polar surface area (TPSA) is 86.8 Å². The number of carbonyl (C=O) groups is 1. The van der Waals surface area contributed by atoms with E-state index in [1.165, 1.54) is 4.90 Å². The molecule has 70 valence electrons. The molecular formula is C7H14N2O3. The molecule has 0 saturated carbocycles. The highest BCUT2D eigenvalue weighted by Gasteiger charge is 2.44. The van der Waals surface area contributed by atoms with Gasteiger partial charge in [-0.25, -0.2) is 0 Å². The summed E-state index contributed by atoms with van der Waals surface area (Å²) in [5.41, 5.74) is 4.51. The molecule has 1 atom stereocenters. The standard InChI is InChI=1S/C7H14N2O3/c1-7(3-10,4-11)9-2-5(8)6(9)12/h5,10-11H,2-4,8H2,1H3. The van der Waals surface area contributed by atoms with Gasteiger partial charge >= 0.3 is 0 Å². The van der Waals surface area contributed by atoms with Gasteiger partial charge in [-0.05, 0) is 6.92 Å². The molecule has 0 aromatic carbocycles. The molecule has 1 fully saturated rings. The van der Waals surface area contributed by atoms with Gasteiger partial charge in [0.15, 0.2) is 0 Å². The molecule has 1 saturated heterocycles. The Morgan fingerprint density at radius 3 is 2.42 bits per heavy atom. The average molecular weight is 174 g/mol. The minimum atomic E-state index is -0.854. The molecule has 0 aromatic rings. The van der Waals surface area contributed by atoms with Crippen molar-refractivity contribution in [3.8, 4) is 0 Å². The summed E-state index contributed by atoms with van der Waals surface area (Å²) in [6.45, 7) is 1.54. The maximum Gasteiger partial charge on any atom is 0.242 e. The fourth-order valence-corrected chi connectivity index (χ4v) is 1.16. The van der Waals surface area contributed by atoms with Crippen LogP contribution in [0.15, 0.2) is 0 Å². The van der Waals surface area contributed by atoms with Crippen molar-refractivity contribution in [1.29, 1.82) is 0 Å². The van der Waals surface area contributed by atoms with Crippen LogP contribution >= 0.6 is 0 Å². The fraction of sp³-hybridized carbons (Fsp3) is 0.857. The lowest BCUT2D eigenvalue weighted by molar-refractivity contribution is -0.156. The minimum Gasteiger partial charge on any atom is -0.394 e. The van der Waals surface area contributed by atoms with E-state index in [9.17, 15) is 4.79 Å². The quantitative estimate of drug-likeness (QED) is 0.428. The van der Waals surface area contributed by atoms with Gasteiger partial charge in [-0.15, -0.1) is 0 Å². The third-order valence-corrected chi connectivity index (χ3v) is 2.30. The van der Waals surface area contributed by atoms with Gasteiger partial charge in [0, 0.05) is 6.54 Å². The van der Waals surface area contributed by atoms with E-state index in [-0.39, 0.29) is 19.1 Å². The van der Waals surface area contributed by atoms with Gasteiger partial charge in [0.25, 0.3) is 0 Å². The number of nitrogens with two attached hydrogens (primary N) is 1. The zero-order valence-corrected chi connectivity index (χ0v) is 7.03. The summed E-state index contributed by atoms with van der Waals surface area (Å²) < 4.78 is 0. The maximum atomic E-state index is 11.1. The highest BCUT2D eigenvalue weighted by molar-refractivity contribution is 5.88. The van der Waals surface area contributed by atoms with E-state index in [1.54, 1.807) is 6.92 Å². The van der Waals surface area contributed by atoms with E-state index < -0.39 is 11.6 Å². The van der Waals surface area contributed by atoms with Crippen molar-refractivity contribution in [2.75, 3.05) is 19.8 Å². The summed E-state index contributed by atoms with van der Waals surface area (Å²) in [4.78, 5) is 12.5. The van der Waals surface area contributed by atoms with E-state index in [0.29, 0.717) is 6.54 Å². The lowest BCUT2D eigenvalue weighted by atomic mass is 9.95. The van der Waals surface area contributed by atoms with Gasteiger partial charge in [-0.2, -0.15) is 0 Å². The predicted molar refractivity (Wildman–Crippen MR) is 42.3 cm³/mol. The first-order chi connectivity index (χ1) is 5.55. The zero-order valence-electron chi connectivity index (χ0n) is 7.03. The van der Waals surface area contributed by atoms with Crippen LogP contribution in [-0.2, 0) is 4.79 Å². The number of carbonyl (C=O) groups excluding carboxylic acids is 1. The third kappa shape index (κ3) is 1.20. The Kier molecular flexibility index (Phi) is 2.36. The molecule has 5 nitrogen and oxygen atoms in total. The Balaban J connectivity index is 2.64. The van der Waals surface area contributed by atoms with Crippen molar-refractivity contribution in [2.45, 2.75) is 18.5 Å². The Bertz CT molecular complexity index is 191. The van der Waals surface area contributed by atoms with Gasteiger partial charge in [0.2, 0.25) is 5.91 Å². The van der Waals surface area contributed by atoms with Crippen molar-refractivity contribution < 1.29 is 15.0 Å². The zero-order chi connectivity index (χ0) is 9.35. The van der Waals surface area contributed by atoms with Crippen molar-refractivity contribution in [1.82, 2.24) is 4.90 Å². The van der Waals surface area contributed by atoms with Gasteiger partial charge in [-0.3, -0.25) is 4.79 Å². The first-order valence-electron chi connectivity index (χ1n) is 3.84. The summed E-state index contributed by atoms with van der Waals surface area (Å²) in [7, 11) is 0. The lowest BCUT2D eigenvalue weighted by Gasteiger charge is -2.47. The van der Waals surface area contributed by atoms with Gasteiger partial charge < -0.3 is 20.8 Å². The summed E-state index contributed by atoms with van der Waals surface area (Å²) in [5.74, 6) is -0.208. The molecule has 4 N–H and O–H groups in total. The normalized spacial score (nSPS) is 24.2. The number of hydrogen-bond acceptors (Lipinski definition) is 4. The molecule has 12 heavy (non-hydrogen) atoms. The summed E-state index contributed by atoms with van der Waals surface area (Å²) >= 11 is 0. The first-order valence-corrected chi connectivity index (χ1v) is 3.84. The smallest absolute Gasteiger partial charge is 0.242 e. The number of likely N-dealkylation sites (tertiary alicyclic amines) is 1. The molecule has 1 amide bonds. The van der Waals surface area contributed by atoms with Crippen LogP contribution in [-0.4, -0.2) is 52.4 Å². The molecular weight excluding hydrogens is 160 g/mol. The Morgan fingerprint density at radius 1 is 1.67 bits per heavy atom. The van der Waals surface area contributed by atoms with Crippen molar-refractivity contribution >= 4 is 5.91 Å². The van der Waals surface area contributed by atoms with Gasteiger partial charge in [-0.1, -0.05) is 0 Å². The summed E-state index contributed by atoms with van der Waals surface area (Å²) in [6, 6.07) is -0.456. The van der Waals surface area contributed by atoms with Gasteiger partial charge in [0.05, 0.1) is 18.8 Å². The second-order valence-corrected chi connectivity index (χ2v) is 3.37. The molecule has 1 heterocycles. The monoisotopic (exact) mass is 174 g/mol. The second-order valence-electron chi connectivity index (χ2n) is 3.37. The molecule has 0 aliphatic carbocycles. The van der Waals surface area contributed by atoms with Crippen LogP contribution in [0.4, 0.5) is 0 Å². The van der Waals surface area contributed by atoms with Crippen LogP contribution in [0.25, 0.3) is 0 Å². The van der Waals surface area contributed by atoms with E-state index in [0.717, 1.165) is 0 Å². The maximum absolute atomic E-state index is 11.1. The molecule has 0 radical (unpaired) electrons. The lowest BCUT2D eigenvalue weighted by Crippen LogP contribution is -2.70. The minimum absolute atomic E-state index is 0.208. The number of hydrogen-bond donors (Lipinski definition) is 3. The van der Waals surface area contributed by atoms with E-state index in [1.807, 2.05) is 0 Å². The van der Waals surface area contributed by atoms with Crippen LogP contribution in [0.2, 0.25) is 0 Å². The number of aliphatic hydroxyl groups is 2. The Hall–Kier alpha value is -0.650. The molecule has 1 unspecified atom stereocenters. The number of rotatable bonds is 3. The summed E-state index contributed by atoms with van der Waals surface area (Å²) in [6.07, 6.45) is 0. The molecule has 1 aliphatic rings. The van der Waals surface area contributed by atoms with Crippen LogP contribution in [0.3, 0.4) is 0 Å². The second kappa shape index (κ2) is 3.01. The van der Waals surface area contributed by atoms with Crippen molar-refractivity contribution in [3.05, 3.63) is 0 Å². The van der Waals surface area contributed by atoms with Crippen LogP contribution in [0.5, 0.6) is 0 Å². The predicted octanol–water partition coefficient (Wildman–Crippen LogP) is -2.10. The van der Waals surface area contributed by atoms with Crippen LogP contribution in [0.1, 0.15) is 6.92 Å². The highest BCUT2D eigenvalue weighted by atomic mass is 16.3. The number of nitrogens with zero attached hydrogens (tertiary/aromatic N) is 1. The molecule has 5 heteroatoms. The SMILES string of the molecule is CC(CO)(CO)N1CC(N)C1=O. The Labute approximate surface area is 70.8 Å². The van der Waals surface area contributed by atoms with Crippen LogP contribution < -0.4 is 5.73 Å². The van der Waals surface area contributed by atoms with E-state index >= 15 is 0 Å². The van der Waals surface area contributed by atoms with Crippen LogP contribution in [0, 0.1) is 0 Å². The first kappa shape index (κ1) is 9.44. The summed E-state index contributed by atoms with van der Waals surface area (Å²) in [5, 5.41) is 17.9. The van der Waals surface area contributed by atoms with Crippen molar-refractivity contribution in [3.63, 3.8) is 0 Å². The van der Waals surface area contributed by atoms with Gasteiger partial charge in [0.1, 0.15) is 6.04 Å². The highest BCUT2D eigenvalue weighted by Crippen LogP contribution is 2.21. The number of aliphatic hydroxyl groups excluding tert-OH is 2. The third-order valence-electron chi connectivity index (χ3n) is 2.30. The number of amides is 1. The van der Waals surface area contributed by atoms with Crippen molar-refractivity contribution in [2.24, 2.45) is 5.73 Å². The fourth-order valence-electron chi connectivity index (χ4n) is 1.16. The molecule has 0 bridgehead atoms. The molecule has 0 aromatic heterocycles. The molecule has 1 rings (SSSR count). The van der Waals surface area contributed by atoms with E-state index in [4.69, 9.17) is 15.9 Å². The average Bonchev–Trinajstić information content (AvgIpc) is 2.12.